The minimum absolute atomic E-state index is 0.0281. The molecule has 2 aromatic carbocycles. The van der Waals surface area contributed by atoms with Gasteiger partial charge in [0.2, 0.25) is 5.91 Å². The summed E-state index contributed by atoms with van der Waals surface area (Å²) in [5.41, 5.74) is 7.02. The van der Waals surface area contributed by atoms with Gasteiger partial charge in [-0.15, -0.1) is 0 Å². The van der Waals surface area contributed by atoms with Gasteiger partial charge >= 0.3 is 5.97 Å². The van der Waals surface area contributed by atoms with Gasteiger partial charge in [0.15, 0.2) is 5.79 Å². The molecule has 2 fully saturated rings. The van der Waals surface area contributed by atoms with Gasteiger partial charge in [0.05, 0.1) is 5.56 Å². The van der Waals surface area contributed by atoms with Gasteiger partial charge in [0.25, 0.3) is 0 Å². The van der Waals surface area contributed by atoms with E-state index in [1.54, 1.807) is 42.5 Å². The number of rotatable bonds is 5. The number of nitrogens with two attached hydrogens (primary N) is 1. The predicted octanol–water partition coefficient (Wildman–Crippen LogP) is 2.60. The zero-order valence-corrected chi connectivity index (χ0v) is 16.2. The molecule has 2 saturated heterocycles. The highest BCUT2D eigenvalue weighted by atomic mass is 16.8. The average molecular weight is 397 g/mol. The Morgan fingerprint density at radius 1 is 1.00 bits per heavy atom. The van der Waals surface area contributed by atoms with Crippen LogP contribution in [0.1, 0.15) is 46.2 Å². The van der Waals surface area contributed by atoms with Crippen LogP contribution in [0.25, 0.3) is 0 Å². The van der Waals surface area contributed by atoms with Gasteiger partial charge in [-0.05, 0) is 43.7 Å². The molecule has 4 atom stereocenters. The van der Waals surface area contributed by atoms with Crippen LogP contribution < -0.4 is 5.73 Å². The maximum absolute atomic E-state index is 12.3. The molecule has 0 aliphatic carbocycles. The third-order valence-electron chi connectivity index (χ3n) is 5.04. The molecule has 2 aliphatic heterocycles. The fourth-order valence-electron chi connectivity index (χ4n) is 3.77. The van der Waals surface area contributed by atoms with E-state index in [4.69, 9.17) is 24.7 Å². The normalized spacial score (nSPS) is 27.4. The highest BCUT2D eigenvalue weighted by molar-refractivity contribution is 5.93. The van der Waals surface area contributed by atoms with E-state index in [0.717, 1.165) is 5.56 Å². The fraction of sp³-hybridized carbons (Fsp3) is 0.364. The van der Waals surface area contributed by atoms with Crippen LogP contribution in [0.2, 0.25) is 0 Å². The Balaban J connectivity index is 1.52. The molecule has 0 radical (unpaired) electrons. The maximum Gasteiger partial charge on any atom is 0.338 e. The third kappa shape index (κ3) is 4.03. The number of hydrogen-bond acceptors (Lipinski definition) is 6. The monoisotopic (exact) mass is 397 g/mol. The summed E-state index contributed by atoms with van der Waals surface area (Å²) < 4.78 is 23.7. The molecule has 152 valence electrons. The molecular weight excluding hydrogens is 374 g/mol. The lowest BCUT2D eigenvalue weighted by molar-refractivity contribution is -0.191. The number of carbonyl (C=O) groups excluding carboxylic acids is 2. The minimum atomic E-state index is -0.791. The van der Waals surface area contributed by atoms with Crippen LogP contribution in [0, 0.1) is 0 Å². The largest absolute Gasteiger partial charge is 0.459 e. The van der Waals surface area contributed by atoms with Crippen molar-refractivity contribution < 1.29 is 28.5 Å². The lowest BCUT2D eigenvalue weighted by Gasteiger charge is -2.24. The summed E-state index contributed by atoms with van der Waals surface area (Å²) in [5.74, 6) is -1.73. The Hall–Kier alpha value is -2.74. The van der Waals surface area contributed by atoms with E-state index in [9.17, 15) is 9.59 Å². The first-order valence-corrected chi connectivity index (χ1v) is 9.47. The van der Waals surface area contributed by atoms with Crippen molar-refractivity contribution in [1.82, 2.24) is 0 Å². The standard InChI is InChI=1S/C22H23NO6/c1-22(2)28-18-16(12-26-21(25)13-7-4-3-5-8-13)27-17(19(18)29-22)14-9-6-10-15(11-14)20(23)24/h3-11,16-19H,12H2,1-2H3,(H2,23,24)/t16-,17+,18-,19+/m1/s1. The summed E-state index contributed by atoms with van der Waals surface area (Å²) in [7, 11) is 0. The topological polar surface area (TPSA) is 97.1 Å². The van der Waals surface area contributed by atoms with Crippen molar-refractivity contribution in [2.45, 2.75) is 44.1 Å². The molecular formula is C22H23NO6. The first-order valence-electron chi connectivity index (χ1n) is 9.47. The fourth-order valence-corrected chi connectivity index (χ4v) is 3.77. The number of benzene rings is 2. The Kier molecular flexibility index (Phi) is 5.12. The molecule has 0 unspecified atom stereocenters. The Morgan fingerprint density at radius 2 is 1.69 bits per heavy atom. The second-order valence-electron chi connectivity index (χ2n) is 7.61. The van der Waals surface area contributed by atoms with Gasteiger partial charge in [-0.3, -0.25) is 4.79 Å². The molecule has 2 aliphatic rings. The van der Waals surface area contributed by atoms with E-state index in [2.05, 4.69) is 0 Å². The van der Waals surface area contributed by atoms with E-state index in [1.165, 1.54) is 0 Å². The van der Waals surface area contributed by atoms with Crippen LogP contribution in [0.4, 0.5) is 0 Å². The van der Waals surface area contributed by atoms with E-state index in [1.807, 2.05) is 26.0 Å². The first-order chi connectivity index (χ1) is 13.8. The Labute approximate surface area is 168 Å². The van der Waals surface area contributed by atoms with Crippen molar-refractivity contribution in [3.05, 3.63) is 71.3 Å². The van der Waals surface area contributed by atoms with Crippen molar-refractivity contribution in [3.63, 3.8) is 0 Å². The van der Waals surface area contributed by atoms with E-state index in [0.29, 0.717) is 11.1 Å². The molecule has 0 spiro atoms. The summed E-state index contributed by atoms with van der Waals surface area (Å²) >= 11 is 0. The van der Waals surface area contributed by atoms with Crippen molar-refractivity contribution in [3.8, 4) is 0 Å². The summed E-state index contributed by atoms with van der Waals surface area (Å²) in [6.45, 7) is 3.69. The average Bonchev–Trinajstić information content (AvgIpc) is 3.20. The Morgan fingerprint density at radius 3 is 2.41 bits per heavy atom. The zero-order chi connectivity index (χ0) is 20.6. The first kappa shape index (κ1) is 19.6. The quantitative estimate of drug-likeness (QED) is 0.779. The van der Waals surface area contributed by atoms with E-state index in [-0.39, 0.29) is 6.61 Å². The molecule has 7 heteroatoms. The van der Waals surface area contributed by atoms with Gasteiger partial charge in [-0.25, -0.2) is 4.79 Å². The number of fused-ring (bicyclic) bond motifs is 1. The number of esters is 1. The van der Waals surface area contributed by atoms with Gasteiger partial charge in [0, 0.05) is 5.56 Å². The van der Waals surface area contributed by atoms with Crippen LogP contribution in [0.15, 0.2) is 54.6 Å². The number of carbonyl (C=O) groups is 2. The Bertz CT molecular complexity index is 913. The number of amides is 1. The lowest BCUT2D eigenvalue weighted by Crippen LogP contribution is -2.33. The molecule has 2 heterocycles. The van der Waals surface area contributed by atoms with E-state index < -0.39 is 42.1 Å². The van der Waals surface area contributed by atoms with E-state index >= 15 is 0 Å². The summed E-state index contributed by atoms with van der Waals surface area (Å²) in [4.78, 5) is 23.8. The van der Waals surface area contributed by atoms with Crippen LogP contribution in [0.3, 0.4) is 0 Å². The minimum Gasteiger partial charge on any atom is -0.459 e. The number of hydrogen-bond donors (Lipinski definition) is 1. The van der Waals surface area contributed by atoms with Crippen molar-refractivity contribution in [2.24, 2.45) is 5.73 Å². The summed E-state index contributed by atoms with van der Waals surface area (Å²) in [6, 6.07) is 15.7. The molecule has 2 N–H and O–H groups in total. The lowest BCUT2D eigenvalue weighted by atomic mass is 10.00. The van der Waals surface area contributed by atoms with Crippen molar-refractivity contribution in [1.29, 1.82) is 0 Å². The smallest absolute Gasteiger partial charge is 0.338 e. The predicted molar refractivity (Wildman–Crippen MR) is 103 cm³/mol. The molecule has 4 rings (SSSR count). The van der Waals surface area contributed by atoms with Gasteiger partial charge < -0.3 is 24.7 Å². The molecule has 0 aromatic heterocycles. The third-order valence-corrected chi connectivity index (χ3v) is 5.04. The van der Waals surface area contributed by atoms with Crippen LogP contribution in [-0.2, 0) is 18.9 Å². The zero-order valence-electron chi connectivity index (χ0n) is 16.2. The number of ether oxygens (including phenoxy) is 4. The van der Waals surface area contributed by atoms with Gasteiger partial charge in [-0.2, -0.15) is 0 Å². The second-order valence-corrected chi connectivity index (χ2v) is 7.61. The SMILES string of the molecule is CC1(C)O[C@@H]2[C@H](O1)[C@@H](COC(=O)c1ccccc1)O[C@H]2c1cccc(C(N)=O)c1. The van der Waals surface area contributed by atoms with Crippen LogP contribution >= 0.6 is 0 Å². The van der Waals surface area contributed by atoms with Crippen molar-refractivity contribution in [2.75, 3.05) is 6.61 Å². The molecule has 0 saturated carbocycles. The van der Waals surface area contributed by atoms with Crippen LogP contribution in [0.5, 0.6) is 0 Å². The second kappa shape index (κ2) is 7.59. The maximum atomic E-state index is 12.3. The van der Waals surface area contributed by atoms with Gasteiger partial charge in [0.1, 0.15) is 31.0 Å². The summed E-state index contributed by atoms with van der Waals surface area (Å²) in [6.07, 6.45) is -1.78. The molecule has 7 nitrogen and oxygen atoms in total. The number of primary amides is 1. The molecule has 2 aromatic rings. The molecule has 29 heavy (non-hydrogen) atoms. The van der Waals surface area contributed by atoms with Gasteiger partial charge in [-0.1, -0.05) is 30.3 Å². The van der Waals surface area contributed by atoms with Crippen molar-refractivity contribution >= 4 is 11.9 Å². The highest BCUT2D eigenvalue weighted by Crippen LogP contribution is 2.45. The molecule has 1 amide bonds. The van der Waals surface area contributed by atoms with Crippen LogP contribution in [-0.4, -0.2) is 42.6 Å². The molecule has 0 bridgehead atoms. The summed E-state index contributed by atoms with van der Waals surface area (Å²) in [5, 5.41) is 0. The highest BCUT2D eigenvalue weighted by Gasteiger charge is 2.55.